The molecule has 1 fully saturated rings. The number of para-hydroxylation sites is 1. The van der Waals surface area contributed by atoms with Crippen molar-refractivity contribution >= 4 is 0 Å². The lowest BCUT2D eigenvalue weighted by molar-refractivity contribution is -0.0787. The van der Waals surface area contributed by atoms with Crippen LogP contribution in [0.1, 0.15) is 13.8 Å². The normalized spacial score (nSPS) is 25.4. The van der Waals surface area contributed by atoms with E-state index < -0.39 is 11.9 Å². The fourth-order valence-corrected chi connectivity index (χ4v) is 2.53. The number of benzene rings is 1. The van der Waals surface area contributed by atoms with Crippen LogP contribution in [0, 0.1) is 5.82 Å². The lowest BCUT2D eigenvalue weighted by Crippen LogP contribution is -2.48. The van der Waals surface area contributed by atoms with Gasteiger partial charge in [-0.15, -0.1) is 0 Å². The predicted octanol–water partition coefficient (Wildman–Crippen LogP) is 1.67. The van der Waals surface area contributed by atoms with E-state index in [1.165, 1.54) is 6.07 Å². The summed E-state index contributed by atoms with van der Waals surface area (Å²) in [4.78, 5) is 2.15. The van der Waals surface area contributed by atoms with E-state index in [1.807, 2.05) is 13.8 Å². The molecule has 0 radical (unpaired) electrons. The molecule has 1 saturated heterocycles. The quantitative estimate of drug-likeness (QED) is 0.892. The summed E-state index contributed by atoms with van der Waals surface area (Å²) in [5, 5.41) is 10.00. The van der Waals surface area contributed by atoms with Crippen LogP contribution < -0.4 is 4.74 Å². The average Bonchev–Trinajstić information content (AvgIpc) is 2.36. The van der Waals surface area contributed by atoms with Crippen molar-refractivity contribution in [3.8, 4) is 5.75 Å². The summed E-state index contributed by atoms with van der Waals surface area (Å²) in [6.07, 6.45) is -0.316. The number of hydrogen-bond donors (Lipinski definition) is 1. The summed E-state index contributed by atoms with van der Waals surface area (Å²) < 4.78 is 24.3. The Labute approximate surface area is 119 Å². The van der Waals surface area contributed by atoms with Gasteiger partial charge < -0.3 is 14.6 Å². The minimum absolute atomic E-state index is 0.0844. The number of hydrogen-bond acceptors (Lipinski definition) is 4. The van der Waals surface area contributed by atoms with E-state index >= 15 is 0 Å². The molecule has 1 N–H and O–H groups in total. The van der Waals surface area contributed by atoms with Gasteiger partial charge in [0.05, 0.1) is 12.2 Å². The smallest absolute Gasteiger partial charge is 0.165 e. The van der Waals surface area contributed by atoms with E-state index in [0.717, 1.165) is 13.1 Å². The first-order chi connectivity index (χ1) is 9.54. The number of β-amino-alcohol motifs (C(OH)–C–C–N with tert-alkyl or cyclic N) is 1. The Balaban J connectivity index is 1.78. The van der Waals surface area contributed by atoms with Gasteiger partial charge in [-0.25, -0.2) is 4.39 Å². The van der Waals surface area contributed by atoms with Crippen molar-refractivity contribution in [2.75, 3.05) is 26.2 Å². The highest BCUT2D eigenvalue weighted by Gasteiger charge is 2.24. The second-order valence-electron chi connectivity index (χ2n) is 5.37. The Morgan fingerprint density at radius 2 is 2.00 bits per heavy atom. The Morgan fingerprint density at radius 1 is 1.35 bits per heavy atom. The van der Waals surface area contributed by atoms with Crippen molar-refractivity contribution in [3.05, 3.63) is 30.1 Å². The van der Waals surface area contributed by atoms with E-state index in [9.17, 15) is 9.50 Å². The second kappa shape index (κ2) is 7.02. The maximum Gasteiger partial charge on any atom is 0.165 e. The van der Waals surface area contributed by atoms with Gasteiger partial charge in [0.2, 0.25) is 0 Å². The molecule has 112 valence electrons. The fourth-order valence-electron chi connectivity index (χ4n) is 2.53. The molecule has 1 aromatic carbocycles. The molecule has 1 aliphatic heterocycles. The molecule has 0 aromatic heterocycles. The van der Waals surface area contributed by atoms with Gasteiger partial charge >= 0.3 is 0 Å². The Kier molecular flexibility index (Phi) is 5.34. The van der Waals surface area contributed by atoms with Crippen LogP contribution in [0.4, 0.5) is 4.39 Å². The molecule has 0 bridgehead atoms. The number of rotatable bonds is 5. The highest BCUT2D eigenvalue weighted by Crippen LogP contribution is 2.16. The van der Waals surface area contributed by atoms with Gasteiger partial charge in [0.1, 0.15) is 12.7 Å². The summed E-state index contributed by atoms with van der Waals surface area (Å²) in [6.45, 7) is 6.21. The number of nitrogens with zero attached hydrogens (tertiary/aromatic N) is 1. The number of ether oxygens (including phenoxy) is 2. The summed E-state index contributed by atoms with van der Waals surface area (Å²) in [5.74, 6) is -0.233. The zero-order valence-electron chi connectivity index (χ0n) is 12.0. The number of halogens is 1. The summed E-state index contributed by atoms with van der Waals surface area (Å²) in [6, 6.07) is 6.21. The summed E-state index contributed by atoms with van der Waals surface area (Å²) >= 11 is 0. The summed E-state index contributed by atoms with van der Waals surface area (Å²) in [7, 11) is 0. The topological polar surface area (TPSA) is 41.9 Å². The first-order valence-electron chi connectivity index (χ1n) is 6.98. The molecule has 20 heavy (non-hydrogen) atoms. The summed E-state index contributed by atoms with van der Waals surface area (Å²) in [5.41, 5.74) is 0. The molecule has 1 heterocycles. The van der Waals surface area contributed by atoms with Crippen molar-refractivity contribution in [2.24, 2.45) is 0 Å². The third-order valence-electron chi connectivity index (χ3n) is 3.23. The van der Waals surface area contributed by atoms with E-state index in [-0.39, 0.29) is 24.6 Å². The maximum atomic E-state index is 13.4. The molecular weight excluding hydrogens is 261 g/mol. The molecule has 0 saturated carbocycles. The van der Waals surface area contributed by atoms with Crippen LogP contribution in [0.5, 0.6) is 5.75 Å². The molecule has 4 nitrogen and oxygen atoms in total. The van der Waals surface area contributed by atoms with E-state index in [4.69, 9.17) is 9.47 Å². The Bertz CT molecular complexity index is 419. The van der Waals surface area contributed by atoms with E-state index in [0.29, 0.717) is 6.54 Å². The van der Waals surface area contributed by atoms with Gasteiger partial charge in [-0.05, 0) is 26.0 Å². The van der Waals surface area contributed by atoms with Crippen LogP contribution in [0.3, 0.4) is 0 Å². The molecule has 0 unspecified atom stereocenters. The van der Waals surface area contributed by atoms with Crippen molar-refractivity contribution < 1.29 is 19.0 Å². The highest BCUT2D eigenvalue weighted by molar-refractivity contribution is 5.23. The van der Waals surface area contributed by atoms with Gasteiger partial charge in [0.15, 0.2) is 11.6 Å². The van der Waals surface area contributed by atoms with Gasteiger partial charge in [-0.2, -0.15) is 0 Å². The molecular formula is C15H22FNO3. The predicted molar refractivity (Wildman–Crippen MR) is 74.4 cm³/mol. The average molecular weight is 283 g/mol. The molecule has 1 aromatic rings. The largest absolute Gasteiger partial charge is 0.488 e. The molecule has 0 amide bonds. The zero-order chi connectivity index (χ0) is 14.5. The van der Waals surface area contributed by atoms with Crippen LogP contribution in [0.15, 0.2) is 24.3 Å². The fraction of sp³-hybridized carbons (Fsp3) is 0.600. The molecule has 0 spiro atoms. The lowest BCUT2D eigenvalue weighted by atomic mass is 10.2. The van der Waals surface area contributed by atoms with Crippen LogP contribution in [0.2, 0.25) is 0 Å². The monoisotopic (exact) mass is 283 g/mol. The standard InChI is InChI=1S/C15H22FNO3/c1-11-7-17(8-12(2)20-11)9-13(18)10-19-15-6-4-3-5-14(15)16/h3-6,11-13,18H,7-10H2,1-2H3/t11-,12+,13-/m1/s1. The molecule has 5 heteroatoms. The lowest BCUT2D eigenvalue weighted by Gasteiger charge is -2.36. The van der Waals surface area contributed by atoms with Gasteiger partial charge in [0.25, 0.3) is 0 Å². The van der Waals surface area contributed by atoms with E-state index in [1.54, 1.807) is 18.2 Å². The molecule has 3 atom stereocenters. The minimum atomic E-state index is -0.646. The van der Waals surface area contributed by atoms with Gasteiger partial charge in [-0.1, -0.05) is 12.1 Å². The Hall–Kier alpha value is -1.17. The van der Waals surface area contributed by atoms with Crippen LogP contribution >= 0.6 is 0 Å². The van der Waals surface area contributed by atoms with Crippen LogP contribution in [-0.4, -0.2) is 54.6 Å². The van der Waals surface area contributed by atoms with E-state index in [2.05, 4.69) is 4.90 Å². The molecule has 2 rings (SSSR count). The highest BCUT2D eigenvalue weighted by atomic mass is 19.1. The van der Waals surface area contributed by atoms with Crippen molar-refractivity contribution in [1.29, 1.82) is 0 Å². The van der Waals surface area contributed by atoms with Gasteiger partial charge in [0, 0.05) is 19.6 Å². The van der Waals surface area contributed by atoms with Crippen LogP contribution in [0.25, 0.3) is 0 Å². The third-order valence-corrected chi connectivity index (χ3v) is 3.23. The molecule has 1 aliphatic rings. The zero-order valence-corrected chi connectivity index (χ0v) is 12.0. The third kappa shape index (κ3) is 4.44. The number of aliphatic hydroxyl groups excluding tert-OH is 1. The van der Waals surface area contributed by atoms with Crippen molar-refractivity contribution in [2.45, 2.75) is 32.2 Å². The molecule has 0 aliphatic carbocycles. The first-order valence-corrected chi connectivity index (χ1v) is 6.98. The van der Waals surface area contributed by atoms with Crippen molar-refractivity contribution in [3.63, 3.8) is 0 Å². The number of aliphatic hydroxyl groups is 1. The van der Waals surface area contributed by atoms with Gasteiger partial charge in [-0.3, -0.25) is 4.90 Å². The SMILES string of the molecule is C[C@@H]1CN(C[C@@H](O)COc2ccccc2F)C[C@H](C)O1. The number of morpholine rings is 1. The van der Waals surface area contributed by atoms with Crippen LogP contribution in [-0.2, 0) is 4.74 Å². The van der Waals surface area contributed by atoms with Crippen molar-refractivity contribution in [1.82, 2.24) is 4.90 Å². The second-order valence-corrected chi connectivity index (χ2v) is 5.37. The maximum absolute atomic E-state index is 13.4. The minimum Gasteiger partial charge on any atom is -0.488 e. The Morgan fingerprint density at radius 3 is 2.65 bits per heavy atom. The first kappa shape index (κ1) is 15.2.